The fraction of sp³-hybridized carbons (Fsp3) is 0.409. The summed E-state index contributed by atoms with van der Waals surface area (Å²) in [5.74, 6) is 2.44. The van der Waals surface area contributed by atoms with Gasteiger partial charge in [0.2, 0.25) is 12.7 Å². The lowest BCUT2D eigenvalue weighted by molar-refractivity contribution is -0.116. The van der Waals surface area contributed by atoms with Gasteiger partial charge in [0.25, 0.3) is 5.79 Å². The number of ether oxygens (including phenoxy) is 4. The number of amides is 1. The average Bonchev–Trinajstić information content (AvgIpc) is 3.30. The van der Waals surface area contributed by atoms with E-state index >= 15 is 0 Å². The van der Waals surface area contributed by atoms with Gasteiger partial charge < -0.3 is 24.3 Å². The number of aryl methyl sites for hydroxylation is 1. The highest BCUT2D eigenvalue weighted by Crippen LogP contribution is 2.46. The van der Waals surface area contributed by atoms with Crippen LogP contribution in [-0.4, -0.2) is 18.5 Å². The summed E-state index contributed by atoms with van der Waals surface area (Å²) < 4.78 is 22.9. The Hall–Kier alpha value is -2.89. The molecule has 1 spiro atoms. The quantitative estimate of drug-likeness (QED) is 0.849. The topological polar surface area (TPSA) is 66.0 Å². The Morgan fingerprint density at radius 1 is 0.893 bits per heavy atom. The Bertz CT molecular complexity index is 904. The van der Waals surface area contributed by atoms with Crippen LogP contribution in [0.5, 0.6) is 23.0 Å². The highest BCUT2D eigenvalue weighted by molar-refractivity contribution is 5.91. The van der Waals surface area contributed by atoms with E-state index in [1.54, 1.807) is 0 Å². The fourth-order valence-electron chi connectivity index (χ4n) is 4.04. The highest BCUT2D eigenvalue weighted by Gasteiger charge is 2.42. The molecule has 2 heterocycles. The van der Waals surface area contributed by atoms with Crippen LogP contribution in [0.3, 0.4) is 0 Å². The highest BCUT2D eigenvalue weighted by atomic mass is 16.7. The first-order valence-corrected chi connectivity index (χ1v) is 9.90. The zero-order valence-corrected chi connectivity index (χ0v) is 15.7. The van der Waals surface area contributed by atoms with E-state index in [0.717, 1.165) is 59.9 Å². The lowest BCUT2D eigenvalue weighted by atomic mass is 9.94. The SMILES string of the molecule is O=C(CCc1ccc2c(c1)OCO2)Nc1ccc2c(c1)OC1(CCCCC1)O2. The lowest BCUT2D eigenvalue weighted by Gasteiger charge is -2.31. The Morgan fingerprint density at radius 2 is 1.68 bits per heavy atom. The van der Waals surface area contributed by atoms with Gasteiger partial charge in [0.1, 0.15) is 0 Å². The molecular formula is C22H23NO5. The first-order valence-electron chi connectivity index (χ1n) is 9.90. The minimum absolute atomic E-state index is 0.0380. The predicted molar refractivity (Wildman–Crippen MR) is 103 cm³/mol. The van der Waals surface area contributed by atoms with Gasteiger partial charge in [-0.1, -0.05) is 12.5 Å². The van der Waals surface area contributed by atoms with Gasteiger partial charge in [-0.2, -0.15) is 0 Å². The van der Waals surface area contributed by atoms with Crippen LogP contribution in [0.15, 0.2) is 36.4 Å². The predicted octanol–water partition coefficient (Wildman–Crippen LogP) is 4.42. The normalized spacial score (nSPS) is 18.3. The van der Waals surface area contributed by atoms with Crippen molar-refractivity contribution >= 4 is 11.6 Å². The van der Waals surface area contributed by atoms with Crippen molar-refractivity contribution in [2.75, 3.05) is 12.1 Å². The first-order chi connectivity index (χ1) is 13.7. The maximum Gasteiger partial charge on any atom is 0.251 e. The zero-order chi connectivity index (χ0) is 19.0. The van der Waals surface area contributed by atoms with Crippen molar-refractivity contribution in [3.63, 3.8) is 0 Å². The summed E-state index contributed by atoms with van der Waals surface area (Å²) in [6.45, 7) is 0.255. The molecule has 1 saturated carbocycles. The molecule has 2 aromatic rings. The summed E-state index contributed by atoms with van der Waals surface area (Å²) in [4.78, 5) is 12.4. The van der Waals surface area contributed by atoms with Crippen molar-refractivity contribution in [1.82, 2.24) is 0 Å². The van der Waals surface area contributed by atoms with Crippen LogP contribution in [0.1, 0.15) is 44.1 Å². The number of anilines is 1. The van der Waals surface area contributed by atoms with E-state index in [9.17, 15) is 4.79 Å². The summed E-state index contributed by atoms with van der Waals surface area (Å²) in [5, 5.41) is 2.96. The van der Waals surface area contributed by atoms with Gasteiger partial charge in [-0.3, -0.25) is 4.79 Å². The summed E-state index contributed by atoms with van der Waals surface area (Å²) in [6.07, 6.45) is 6.33. The number of nitrogens with one attached hydrogen (secondary N) is 1. The van der Waals surface area contributed by atoms with Crippen LogP contribution in [-0.2, 0) is 11.2 Å². The van der Waals surface area contributed by atoms with E-state index in [1.807, 2.05) is 36.4 Å². The van der Waals surface area contributed by atoms with E-state index in [1.165, 1.54) is 6.42 Å². The molecule has 0 atom stereocenters. The van der Waals surface area contributed by atoms with Gasteiger partial charge in [0.05, 0.1) is 0 Å². The van der Waals surface area contributed by atoms with Crippen LogP contribution < -0.4 is 24.3 Å². The van der Waals surface area contributed by atoms with Crippen LogP contribution in [0, 0.1) is 0 Å². The second kappa shape index (κ2) is 6.93. The number of fused-ring (bicyclic) bond motifs is 2. The molecule has 3 aliphatic rings. The van der Waals surface area contributed by atoms with Crippen molar-refractivity contribution in [2.45, 2.75) is 50.7 Å². The minimum atomic E-state index is -0.497. The zero-order valence-electron chi connectivity index (χ0n) is 15.7. The molecule has 5 rings (SSSR count). The molecule has 1 aliphatic carbocycles. The van der Waals surface area contributed by atoms with E-state index in [4.69, 9.17) is 18.9 Å². The molecule has 0 radical (unpaired) electrons. The van der Waals surface area contributed by atoms with Gasteiger partial charge in [0, 0.05) is 31.0 Å². The molecule has 0 saturated heterocycles. The molecule has 0 bridgehead atoms. The number of rotatable bonds is 4. The fourth-order valence-corrected chi connectivity index (χ4v) is 4.04. The van der Waals surface area contributed by atoms with Gasteiger partial charge in [-0.05, 0) is 49.1 Å². The van der Waals surface area contributed by atoms with Crippen molar-refractivity contribution in [3.05, 3.63) is 42.0 Å². The molecule has 1 N–H and O–H groups in total. The molecule has 0 unspecified atom stereocenters. The van der Waals surface area contributed by atoms with Crippen molar-refractivity contribution in [1.29, 1.82) is 0 Å². The summed E-state index contributed by atoms with van der Waals surface area (Å²) in [6, 6.07) is 11.4. The molecule has 2 aliphatic heterocycles. The molecular weight excluding hydrogens is 358 g/mol. The molecule has 2 aromatic carbocycles. The maximum atomic E-state index is 12.4. The summed E-state index contributed by atoms with van der Waals surface area (Å²) >= 11 is 0. The third-order valence-electron chi connectivity index (χ3n) is 5.51. The maximum absolute atomic E-state index is 12.4. The van der Waals surface area contributed by atoms with Gasteiger partial charge in [-0.15, -0.1) is 0 Å². The van der Waals surface area contributed by atoms with E-state index in [-0.39, 0.29) is 12.7 Å². The number of hydrogen-bond donors (Lipinski definition) is 1. The Kier molecular flexibility index (Phi) is 4.26. The molecule has 28 heavy (non-hydrogen) atoms. The van der Waals surface area contributed by atoms with E-state index in [2.05, 4.69) is 5.32 Å². The van der Waals surface area contributed by atoms with Crippen molar-refractivity contribution in [2.24, 2.45) is 0 Å². The summed E-state index contributed by atoms with van der Waals surface area (Å²) in [5.41, 5.74) is 1.77. The largest absolute Gasteiger partial charge is 0.454 e. The van der Waals surface area contributed by atoms with Crippen LogP contribution in [0.2, 0.25) is 0 Å². The number of hydrogen-bond acceptors (Lipinski definition) is 5. The third kappa shape index (κ3) is 3.35. The molecule has 6 nitrogen and oxygen atoms in total. The smallest absolute Gasteiger partial charge is 0.251 e. The van der Waals surface area contributed by atoms with Gasteiger partial charge >= 0.3 is 0 Å². The van der Waals surface area contributed by atoms with Crippen molar-refractivity contribution in [3.8, 4) is 23.0 Å². The van der Waals surface area contributed by atoms with E-state index < -0.39 is 5.79 Å². The Morgan fingerprint density at radius 3 is 2.57 bits per heavy atom. The second-order valence-corrected chi connectivity index (χ2v) is 7.57. The van der Waals surface area contributed by atoms with Gasteiger partial charge in [0.15, 0.2) is 23.0 Å². The first kappa shape index (κ1) is 17.2. The molecule has 146 valence electrons. The lowest BCUT2D eigenvalue weighted by Crippen LogP contribution is -2.40. The molecule has 0 aromatic heterocycles. The third-order valence-corrected chi connectivity index (χ3v) is 5.51. The molecule has 6 heteroatoms. The number of benzene rings is 2. The van der Waals surface area contributed by atoms with Crippen LogP contribution in [0.4, 0.5) is 5.69 Å². The Balaban J connectivity index is 1.19. The number of carbonyl (C=O) groups excluding carboxylic acids is 1. The second-order valence-electron chi connectivity index (χ2n) is 7.57. The molecule has 1 fully saturated rings. The summed E-state index contributed by atoms with van der Waals surface area (Å²) in [7, 11) is 0. The monoisotopic (exact) mass is 381 g/mol. The van der Waals surface area contributed by atoms with Crippen LogP contribution >= 0.6 is 0 Å². The van der Waals surface area contributed by atoms with E-state index in [0.29, 0.717) is 12.8 Å². The number of carbonyl (C=O) groups is 1. The van der Waals surface area contributed by atoms with Gasteiger partial charge in [-0.25, -0.2) is 0 Å². The van der Waals surface area contributed by atoms with Crippen molar-refractivity contribution < 1.29 is 23.7 Å². The van der Waals surface area contributed by atoms with Crippen LogP contribution in [0.25, 0.3) is 0 Å². The molecule has 1 amide bonds. The average molecular weight is 381 g/mol. The minimum Gasteiger partial charge on any atom is -0.454 e. The standard InChI is InChI=1S/C22H23NO5/c24-21(9-5-15-4-7-17-19(12-15)26-14-25-17)23-16-6-8-18-20(13-16)28-22(27-18)10-2-1-3-11-22/h4,6-8,12-13H,1-3,5,9-11,14H2,(H,23,24). The Labute approximate surface area is 163 Å².